The zero-order valence-electron chi connectivity index (χ0n) is 16.0. The molecule has 1 unspecified atom stereocenters. The second kappa shape index (κ2) is 6.36. The third-order valence-corrected chi connectivity index (χ3v) is 5.30. The van der Waals surface area contributed by atoms with Gasteiger partial charge in [0.05, 0.1) is 35.3 Å². The summed E-state index contributed by atoms with van der Waals surface area (Å²) in [6, 6.07) is 9.17. The van der Waals surface area contributed by atoms with Crippen molar-refractivity contribution in [1.82, 2.24) is 15.0 Å². The monoisotopic (exact) mass is 378 g/mol. The summed E-state index contributed by atoms with van der Waals surface area (Å²) in [6.45, 7) is 3.52. The lowest BCUT2D eigenvalue weighted by Gasteiger charge is -2.29. The van der Waals surface area contributed by atoms with Gasteiger partial charge in [-0.25, -0.2) is 9.37 Å². The average molecular weight is 378 g/mol. The molecule has 142 valence electrons. The van der Waals surface area contributed by atoms with Crippen LogP contribution < -0.4 is 4.74 Å². The van der Waals surface area contributed by atoms with Crippen LogP contribution in [0.15, 0.2) is 30.5 Å². The van der Waals surface area contributed by atoms with Crippen molar-refractivity contribution in [2.45, 2.75) is 19.4 Å². The molecule has 4 aromatic rings. The van der Waals surface area contributed by atoms with E-state index in [2.05, 4.69) is 21.0 Å². The molecule has 0 radical (unpaired) electrons. The molecular formula is C21H19FN4O2. The maximum absolute atomic E-state index is 15.1. The topological polar surface area (TPSA) is 86.7 Å². The Labute approximate surface area is 160 Å². The molecule has 6 nitrogen and oxygen atoms in total. The summed E-state index contributed by atoms with van der Waals surface area (Å²) >= 11 is 0. The fourth-order valence-corrected chi connectivity index (χ4v) is 3.69. The van der Waals surface area contributed by atoms with Crippen LogP contribution in [0.4, 0.5) is 4.39 Å². The quantitative estimate of drug-likeness (QED) is 0.555. The molecule has 2 N–H and O–H groups in total. The van der Waals surface area contributed by atoms with Crippen LogP contribution in [0.1, 0.15) is 29.4 Å². The smallest absolute Gasteiger partial charge is 0.170 e. The van der Waals surface area contributed by atoms with E-state index in [1.807, 2.05) is 13.0 Å². The van der Waals surface area contributed by atoms with Gasteiger partial charge in [-0.1, -0.05) is 0 Å². The number of benzene rings is 2. The first-order chi connectivity index (χ1) is 13.4. The van der Waals surface area contributed by atoms with Gasteiger partial charge in [0.15, 0.2) is 17.2 Å². The minimum atomic E-state index is -1.12. The van der Waals surface area contributed by atoms with Gasteiger partial charge in [0, 0.05) is 29.8 Å². The van der Waals surface area contributed by atoms with E-state index >= 15 is 4.39 Å². The molecule has 0 spiro atoms. The molecule has 0 fully saturated rings. The van der Waals surface area contributed by atoms with Crippen LogP contribution in [0.5, 0.6) is 5.75 Å². The molecule has 0 saturated heterocycles. The highest BCUT2D eigenvalue weighted by atomic mass is 19.1. The van der Waals surface area contributed by atoms with Crippen LogP contribution in [-0.2, 0) is 10.3 Å². The Morgan fingerprint density at radius 2 is 2.04 bits per heavy atom. The van der Waals surface area contributed by atoms with Crippen molar-refractivity contribution in [3.63, 3.8) is 0 Å². The maximum atomic E-state index is 15.1. The zero-order valence-corrected chi connectivity index (χ0v) is 16.0. The number of nitriles is 1. The molecule has 0 aliphatic carbocycles. The van der Waals surface area contributed by atoms with Gasteiger partial charge in [0.1, 0.15) is 5.82 Å². The normalized spacial score (nSPS) is 13.6. The van der Waals surface area contributed by atoms with E-state index in [0.29, 0.717) is 39.1 Å². The third-order valence-electron chi connectivity index (χ3n) is 5.30. The van der Waals surface area contributed by atoms with Gasteiger partial charge in [0.2, 0.25) is 0 Å². The number of nitrogens with zero attached hydrogens (tertiary/aromatic N) is 2. The van der Waals surface area contributed by atoms with Gasteiger partial charge in [-0.3, -0.25) is 0 Å². The molecule has 0 aliphatic heterocycles. The number of fused-ring (bicyclic) bond motifs is 2. The van der Waals surface area contributed by atoms with Gasteiger partial charge in [-0.15, -0.1) is 0 Å². The fourth-order valence-electron chi connectivity index (χ4n) is 3.69. The molecule has 0 amide bonds. The minimum Gasteiger partial charge on any atom is -0.493 e. The van der Waals surface area contributed by atoms with E-state index in [-0.39, 0.29) is 5.75 Å². The Bertz CT molecular complexity index is 1250. The number of imidazole rings is 1. The predicted octanol–water partition coefficient (Wildman–Crippen LogP) is 4.28. The molecule has 0 bridgehead atoms. The summed E-state index contributed by atoms with van der Waals surface area (Å²) in [4.78, 5) is 11.0. The molecule has 0 aliphatic rings. The van der Waals surface area contributed by atoms with Crippen molar-refractivity contribution in [2.75, 3.05) is 14.2 Å². The lowest BCUT2D eigenvalue weighted by atomic mass is 9.89. The lowest BCUT2D eigenvalue weighted by Crippen LogP contribution is -2.29. The maximum Gasteiger partial charge on any atom is 0.170 e. The second-order valence-electron chi connectivity index (χ2n) is 6.78. The lowest BCUT2D eigenvalue weighted by molar-refractivity contribution is 0.0312. The largest absolute Gasteiger partial charge is 0.493 e. The SMILES string of the molecule is COc1c(F)c(C)c2[nH]ccc2c1C(C)(OC)c1nc2ccc(C#N)cc2[nH]1. The first kappa shape index (κ1) is 18.0. The zero-order chi connectivity index (χ0) is 20.1. The summed E-state index contributed by atoms with van der Waals surface area (Å²) in [5.74, 6) is 0.162. The van der Waals surface area contributed by atoms with E-state index < -0.39 is 11.4 Å². The highest BCUT2D eigenvalue weighted by molar-refractivity contribution is 5.90. The Kier molecular flexibility index (Phi) is 4.09. The van der Waals surface area contributed by atoms with Gasteiger partial charge in [-0.05, 0) is 38.1 Å². The number of aromatic nitrogens is 3. The number of hydrogen-bond acceptors (Lipinski definition) is 4. The van der Waals surface area contributed by atoms with Crippen LogP contribution in [-0.4, -0.2) is 29.2 Å². The first-order valence-electron chi connectivity index (χ1n) is 8.73. The van der Waals surface area contributed by atoms with Crippen LogP contribution >= 0.6 is 0 Å². The Morgan fingerprint density at radius 3 is 2.71 bits per heavy atom. The van der Waals surface area contributed by atoms with Crippen LogP contribution in [0.3, 0.4) is 0 Å². The first-order valence-corrected chi connectivity index (χ1v) is 8.73. The average Bonchev–Trinajstić information content (AvgIpc) is 3.36. The Hall–Kier alpha value is -3.37. The molecule has 2 aromatic heterocycles. The standard InChI is InChI=1S/C21H19FN4O2/c1-11-17(22)19(27-3)16(13-7-8-24-18(11)13)21(2,28-4)20-25-14-6-5-12(10-23)9-15(14)26-20/h5-9,24H,1-4H3,(H,25,26). The molecule has 4 rings (SSSR count). The van der Waals surface area contributed by atoms with Gasteiger partial charge < -0.3 is 19.4 Å². The van der Waals surface area contributed by atoms with Crippen molar-refractivity contribution in [3.05, 3.63) is 58.8 Å². The van der Waals surface area contributed by atoms with Crippen molar-refractivity contribution >= 4 is 21.9 Å². The summed E-state index contributed by atoms with van der Waals surface area (Å²) in [5.41, 5.74) is 2.49. The third kappa shape index (κ3) is 2.38. The summed E-state index contributed by atoms with van der Waals surface area (Å²) in [7, 11) is 2.98. The highest BCUT2D eigenvalue weighted by Crippen LogP contribution is 2.44. The van der Waals surface area contributed by atoms with Crippen LogP contribution in [0.2, 0.25) is 0 Å². The van der Waals surface area contributed by atoms with Crippen LogP contribution in [0, 0.1) is 24.1 Å². The molecular weight excluding hydrogens is 359 g/mol. The Balaban J connectivity index is 2.05. The summed E-state index contributed by atoms with van der Waals surface area (Å²) < 4.78 is 26.4. The van der Waals surface area contributed by atoms with Gasteiger partial charge in [0.25, 0.3) is 0 Å². The number of methoxy groups -OCH3 is 2. The second-order valence-corrected chi connectivity index (χ2v) is 6.78. The highest BCUT2D eigenvalue weighted by Gasteiger charge is 2.39. The molecule has 2 aromatic carbocycles. The van der Waals surface area contributed by atoms with E-state index in [4.69, 9.17) is 14.7 Å². The van der Waals surface area contributed by atoms with Gasteiger partial charge in [-0.2, -0.15) is 5.26 Å². The number of hydrogen-bond donors (Lipinski definition) is 2. The van der Waals surface area contributed by atoms with E-state index in [9.17, 15) is 0 Å². The fraction of sp³-hybridized carbons (Fsp3) is 0.238. The van der Waals surface area contributed by atoms with E-state index in [1.54, 1.807) is 38.4 Å². The molecule has 1 atom stereocenters. The number of aromatic amines is 2. The number of halogens is 1. The van der Waals surface area contributed by atoms with Gasteiger partial charge >= 0.3 is 0 Å². The predicted molar refractivity (Wildman–Crippen MR) is 104 cm³/mol. The molecule has 0 saturated carbocycles. The van der Waals surface area contributed by atoms with Crippen LogP contribution in [0.25, 0.3) is 21.9 Å². The number of H-pyrrole nitrogens is 2. The van der Waals surface area contributed by atoms with Crippen molar-refractivity contribution in [3.8, 4) is 11.8 Å². The van der Waals surface area contributed by atoms with E-state index in [0.717, 1.165) is 5.39 Å². The molecule has 7 heteroatoms. The molecule has 28 heavy (non-hydrogen) atoms. The van der Waals surface area contributed by atoms with Crippen molar-refractivity contribution in [2.24, 2.45) is 0 Å². The number of rotatable bonds is 4. The number of nitrogens with one attached hydrogen (secondary N) is 2. The number of ether oxygens (including phenoxy) is 2. The molecule has 2 heterocycles. The minimum absolute atomic E-state index is 0.118. The summed E-state index contributed by atoms with van der Waals surface area (Å²) in [5, 5.41) is 9.93. The van der Waals surface area contributed by atoms with Crippen molar-refractivity contribution < 1.29 is 13.9 Å². The van der Waals surface area contributed by atoms with E-state index in [1.165, 1.54) is 7.11 Å². The van der Waals surface area contributed by atoms with Crippen molar-refractivity contribution in [1.29, 1.82) is 5.26 Å². The Morgan fingerprint density at radius 1 is 1.25 bits per heavy atom. The summed E-state index contributed by atoms with van der Waals surface area (Å²) in [6.07, 6.45) is 1.76. The number of aryl methyl sites for hydroxylation is 1.